The monoisotopic (exact) mass is 353 g/mol. The number of hydrogen-bond acceptors (Lipinski definition) is 5. The van der Waals surface area contributed by atoms with Gasteiger partial charge in [-0.25, -0.2) is 0 Å². The number of nitrogens with zero attached hydrogens (tertiary/aromatic N) is 4. The van der Waals surface area contributed by atoms with Crippen molar-refractivity contribution in [2.75, 3.05) is 6.54 Å². The summed E-state index contributed by atoms with van der Waals surface area (Å²) in [6.07, 6.45) is 0.484. The molecule has 1 amide bonds. The molecule has 0 spiro atoms. The lowest BCUT2D eigenvalue weighted by Gasteiger charge is -2.01. The van der Waals surface area contributed by atoms with Crippen molar-refractivity contribution in [3.8, 4) is 0 Å². The zero-order chi connectivity index (χ0) is 15.2. The van der Waals surface area contributed by atoms with Crippen molar-refractivity contribution in [1.29, 1.82) is 0 Å². The lowest BCUT2D eigenvalue weighted by molar-refractivity contribution is -0.138. The van der Waals surface area contributed by atoms with Gasteiger partial charge >= 0.3 is 5.97 Å². The highest BCUT2D eigenvalue weighted by Gasteiger charge is 2.10. The Hall–Kier alpha value is -2.29. The second-order valence-electron chi connectivity index (χ2n) is 4.17. The number of carbonyl (C=O) groups excluding carboxylic acids is 1. The van der Waals surface area contributed by atoms with Crippen LogP contribution in [0, 0.1) is 0 Å². The number of carbonyl (C=O) groups is 2. The average molecular weight is 354 g/mol. The molecule has 0 radical (unpaired) electrons. The fraction of sp³-hybridized carbons (Fsp3) is 0.250. The van der Waals surface area contributed by atoms with E-state index in [2.05, 4.69) is 36.7 Å². The van der Waals surface area contributed by atoms with Gasteiger partial charge < -0.3 is 10.4 Å². The Balaban J connectivity index is 1.94. The summed E-state index contributed by atoms with van der Waals surface area (Å²) in [5.74, 6) is -1.11. The molecule has 0 aliphatic heterocycles. The molecular weight excluding hydrogens is 342 g/mol. The van der Waals surface area contributed by atoms with E-state index in [4.69, 9.17) is 5.11 Å². The van der Waals surface area contributed by atoms with E-state index in [0.29, 0.717) is 12.2 Å². The first-order valence-corrected chi connectivity index (χ1v) is 6.82. The SMILES string of the molecule is O=C(O)CNC(=O)Cn1nnc(Cc2ccccc2Br)n1. The smallest absolute Gasteiger partial charge is 0.322 e. The Bertz CT molecular complexity index is 658. The summed E-state index contributed by atoms with van der Waals surface area (Å²) in [6, 6.07) is 7.66. The molecule has 2 rings (SSSR count). The molecule has 0 aliphatic carbocycles. The molecule has 2 aromatic rings. The van der Waals surface area contributed by atoms with Crippen LogP contribution >= 0.6 is 15.9 Å². The molecule has 1 aromatic heterocycles. The fourth-order valence-corrected chi connectivity index (χ4v) is 2.01. The Labute approximate surface area is 128 Å². The van der Waals surface area contributed by atoms with E-state index in [0.717, 1.165) is 14.8 Å². The number of nitrogens with one attached hydrogen (secondary N) is 1. The van der Waals surface area contributed by atoms with Crippen molar-refractivity contribution in [2.45, 2.75) is 13.0 Å². The van der Waals surface area contributed by atoms with Crippen LogP contribution in [0.25, 0.3) is 0 Å². The maximum absolute atomic E-state index is 11.4. The predicted molar refractivity (Wildman–Crippen MR) is 75.4 cm³/mol. The third-order valence-electron chi connectivity index (χ3n) is 2.52. The lowest BCUT2D eigenvalue weighted by atomic mass is 10.1. The minimum absolute atomic E-state index is 0.170. The van der Waals surface area contributed by atoms with Gasteiger partial charge in [-0.3, -0.25) is 9.59 Å². The molecule has 1 aromatic carbocycles. The predicted octanol–water partition coefficient (Wildman–Crippen LogP) is 0.227. The Morgan fingerprint density at radius 1 is 1.33 bits per heavy atom. The number of tetrazole rings is 1. The van der Waals surface area contributed by atoms with Crippen molar-refractivity contribution in [3.05, 3.63) is 40.1 Å². The number of benzene rings is 1. The minimum Gasteiger partial charge on any atom is -0.480 e. The van der Waals surface area contributed by atoms with Gasteiger partial charge in [0.05, 0.1) is 0 Å². The summed E-state index contributed by atoms with van der Waals surface area (Å²) in [6.45, 7) is -0.604. The van der Waals surface area contributed by atoms with E-state index in [9.17, 15) is 9.59 Å². The third-order valence-corrected chi connectivity index (χ3v) is 3.30. The molecule has 0 saturated heterocycles. The number of rotatable bonds is 6. The van der Waals surface area contributed by atoms with Crippen molar-refractivity contribution >= 4 is 27.8 Å². The first-order chi connectivity index (χ1) is 10.0. The largest absolute Gasteiger partial charge is 0.480 e. The zero-order valence-corrected chi connectivity index (χ0v) is 12.4. The Morgan fingerprint density at radius 3 is 2.81 bits per heavy atom. The first kappa shape index (κ1) is 15.1. The van der Waals surface area contributed by atoms with Crippen molar-refractivity contribution in [1.82, 2.24) is 25.5 Å². The second-order valence-corrected chi connectivity index (χ2v) is 5.03. The van der Waals surface area contributed by atoms with Gasteiger partial charge in [0.2, 0.25) is 5.91 Å². The number of aromatic nitrogens is 4. The summed E-state index contributed by atoms with van der Waals surface area (Å²) in [5.41, 5.74) is 1.01. The second kappa shape index (κ2) is 6.93. The van der Waals surface area contributed by atoms with Gasteiger partial charge in [0.15, 0.2) is 5.82 Å². The number of halogens is 1. The fourth-order valence-electron chi connectivity index (χ4n) is 1.58. The van der Waals surface area contributed by atoms with E-state index in [1.165, 1.54) is 0 Å². The van der Waals surface area contributed by atoms with Crippen LogP contribution in [0.1, 0.15) is 11.4 Å². The van der Waals surface area contributed by atoms with Crippen molar-refractivity contribution in [3.63, 3.8) is 0 Å². The van der Waals surface area contributed by atoms with E-state index in [1.807, 2.05) is 24.3 Å². The average Bonchev–Trinajstić information content (AvgIpc) is 2.86. The molecule has 2 N–H and O–H groups in total. The molecule has 1 heterocycles. The van der Waals surface area contributed by atoms with Crippen molar-refractivity contribution < 1.29 is 14.7 Å². The van der Waals surface area contributed by atoms with Crippen LogP contribution in [-0.4, -0.2) is 43.7 Å². The summed E-state index contributed by atoms with van der Waals surface area (Å²) in [5, 5.41) is 22.4. The maximum Gasteiger partial charge on any atom is 0.322 e. The number of carboxylic acids is 1. The summed E-state index contributed by atoms with van der Waals surface area (Å²) < 4.78 is 0.945. The number of aliphatic carboxylic acids is 1. The molecule has 0 aliphatic rings. The highest BCUT2D eigenvalue weighted by molar-refractivity contribution is 9.10. The van der Waals surface area contributed by atoms with Crippen LogP contribution in [0.2, 0.25) is 0 Å². The third kappa shape index (κ3) is 4.63. The molecule has 0 unspecified atom stereocenters. The quantitative estimate of drug-likeness (QED) is 0.768. The van der Waals surface area contributed by atoms with Crippen molar-refractivity contribution in [2.24, 2.45) is 0 Å². The Morgan fingerprint density at radius 2 is 2.10 bits per heavy atom. The standard InChI is InChI=1S/C12H12BrN5O3/c13-9-4-2-1-3-8(9)5-10-15-17-18(16-10)7-11(19)14-6-12(20)21/h1-4H,5-7H2,(H,14,19)(H,20,21). The zero-order valence-electron chi connectivity index (χ0n) is 10.9. The van der Waals surface area contributed by atoms with Gasteiger partial charge in [0.25, 0.3) is 0 Å². The van der Waals surface area contributed by atoms with Crippen LogP contribution in [0.4, 0.5) is 0 Å². The first-order valence-electron chi connectivity index (χ1n) is 6.03. The van der Waals surface area contributed by atoms with Gasteiger partial charge in [-0.05, 0) is 16.8 Å². The number of amides is 1. The van der Waals surface area contributed by atoms with E-state index in [1.54, 1.807) is 0 Å². The summed E-state index contributed by atoms with van der Waals surface area (Å²) >= 11 is 3.43. The van der Waals surface area contributed by atoms with Gasteiger partial charge in [-0.15, -0.1) is 10.2 Å². The molecule has 21 heavy (non-hydrogen) atoms. The van der Waals surface area contributed by atoms with Crippen LogP contribution in [0.3, 0.4) is 0 Å². The summed E-state index contributed by atoms with van der Waals surface area (Å²) in [7, 11) is 0. The molecule has 110 valence electrons. The van der Waals surface area contributed by atoms with Crippen LogP contribution in [0.15, 0.2) is 28.7 Å². The highest BCUT2D eigenvalue weighted by Crippen LogP contribution is 2.17. The van der Waals surface area contributed by atoms with Gasteiger partial charge in [0.1, 0.15) is 13.1 Å². The van der Waals surface area contributed by atoms with Gasteiger partial charge in [-0.1, -0.05) is 34.1 Å². The van der Waals surface area contributed by atoms with Crippen LogP contribution in [0.5, 0.6) is 0 Å². The molecule has 8 nitrogen and oxygen atoms in total. The number of carboxylic acid groups (broad SMARTS) is 1. The lowest BCUT2D eigenvalue weighted by Crippen LogP contribution is -2.32. The summed E-state index contributed by atoms with van der Waals surface area (Å²) in [4.78, 5) is 22.9. The molecule has 0 saturated carbocycles. The van der Waals surface area contributed by atoms with E-state index in [-0.39, 0.29) is 6.54 Å². The van der Waals surface area contributed by atoms with Crippen LogP contribution in [-0.2, 0) is 22.6 Å². The van der Waals surface area contributed by atoms with E-state index < -0.39 is 18.4 Å². The maximum atomic E-state index is 11.4. The van der Waals surface area contributed by atoms with E-state index >= 15 is 0 Å². The molecule has 9 heteroatoms. The highest BCUT2D eigenvalue weighted by atomic mass is 79.9. The van der Waals surface area contributed by atoms with Crippen LogP contribution < -0.4 is 5.32 Å². The van der Waals surface area contributed by atoms with Gasteiger partial charge in [0, 0.05) is 10.9 Å². The molecule has 0 atom stereocenters. The molecule has 0 fully saturated rings. The molecular formula is C12H12BrN5O3. The normalized spacial score (nSPS) is 10.3. The Kier molecular flexibility index (Phi) is 4.99. The van der Waals surface area contributed by atoms with Gasteiger partial charge in [-0.2, -0.15) is 4.80 Å². The molecule has 0 bridgehead atoms. The topological polar surface area (TPSA) is 110 Å². The minimum atomic E-state index is -1.11. The number of hydrogen-bond donors (Lipinski definition) is 2.